The molecule has 34 heavy (non-hydrogen) atoms. The zero-order valence-corrected chi connectivity index (χ0v) is 18.2. The fourth-order valence-corrected chi connectivity index (χ4v) is 4.22. The molecule has 1 amide bonds. The van der Waals surface area contributed by atoms with E-state index in [0.717, 1.165) is 21.6 Å². The molecule has 2 N–H and O–H groups in total. The zero-order valence-electron chi connectivity index (χ0n) is 18.2. The van der Waals surface area contributed by atoms with Gasteiger partial charge in [-0.1, -0.05) is 23.8 Å². The van der Waals surface area contributed by atoms with E-state index in [9.17, 15) is 41.0 Å². The largest absolute Gasteiger partial charge is 0.480 e. The summed E-state index contributed by atoms with van der Waals surface area (Å²) >= 11 is 0. The first-order valence-electron chi connectivity index (χ1n) is 10.6. The van der Waals surface area contributed by atoms with E-state index >= 15 is 0 Å². The van der Waals surface area contributed by atoms with Crippen molar-refractivity contribution in [3.8, 4) is 0 Å². The van der Waals surface area contributed by atoms with Crippen molar-refractivity contribution in [1.82, 2.24) is 15.1 Å². The number of hydrogen-bond donors (Lipinski definition) is 2. The number of aryl methyl sites for hydroxylation is 1. The Morgan fingerprint density at radius 2 is 1.74 bits per heavy atom. The first kappa shape index (κ1) is 26.1. The molecule has 2 heterocycles. The minimum Gasteiger partial charge on any atom is -0.480 e. The molecule has 0 radical (unpaired) electrons. The fourth-order valence-electron chi connectivity index (χ4n) is 4.22. The molecule has 190 valence electrons. The van der Waals surface area contributed by atoms with Crippen LogP contribution in [0, 0.1) is 6.92 Å². The van der Waals surface area contributed by atoms with Crippen molar-refractivity contribution in [2.75, 3.05) is 32.7 Å². The molecule has 2 atom stereocenters. The second kappa shape index (κ2) is 9.98. The number of piperazine rings is 1. The Hall–Kier alpha value is -2.54. The van der Waals surface area contributed by atoms with Crippen LogP contribution in [0.3, 0.4) is 0 Å². The van der Waals surface area contributed by atoms with Gasteiger partial charge in [0, 0.05) is 39.3 Å². The van der Waals surface area contributed by atoms with Gasteiger partial charge in [0.1, 0.15) is 6.04 Å². The van der Waals surface area contributed by atoms with Crippen molar-refractivity contribution in [2.24, 2.45) is 0 Å². The summed E-state index contributed by atoms with van der Waals surface area (Å²) in [7, 11) is 0. The maximum atomic E-state index is 12.6. The van der Waals surface area contributed by atoms with E-state index in [4.69, 9.17) is 0 Å². The molecule has 3 rings (SSSR count). The third kappa shape index (κ3) is 6.32. The number of hydrogen-bond acceptors (Lipinski definition) is 5. The monoisotopic (exact) mass is 497 g/mol. The standard InChI is InChI=1S/C21H25F6N3O4/c1-12-2-3-13(15(8-12)14-9-16(17(31)32)28-10-14)11-29-4-6-30(7-5-29)19(33)34-18(20(22,23)24)21(25,26)27/h2-3,8,14,16,18,28H,4-7,9-11H2,1H3,(H,31,32)/t14?,16-/m0/s1. The fraction of sp³-hybridized carbons (Fsp3) is 0.619. The summed E-state index contributed by atoms with van der Waals surface area (Å²) in [5, 5.41) is 12.2. The molecule has 1 aromatic rings. The van der Waals surface area contributed by atoms with Crippen molar-refractivity contribution in [3.63, 3.8) is 0 Å². The summed E-state index contributed by atoms with van der Waals surface area (Å²) in [5.74, 6) is -0.924. The quantitative estimate of drug-likeness (QED) is 0.608. The average Bonchev–Trinajstić information content (AvgIpc) is 3.22. The summed E-state index contributed by atoms with van der Waals surface area (Å²) < 4.78 is 79.7. The van der Waals surface area contributed by atoms with Crippen LogP contribution in [0.15, 0.2) is 18.2 Å². The van der Waals surface area contributed by atoms with Crippen LogP contribution < -0.4 is 5.32 Å². The van der Waals surface area contributed by atoms with E-state index < -0.39 is 36.6 Å². The van der Waals surface area contributed by atoms with E-state index in [-0.39, 0.29) is 32.1 Å². The van der Waals surface area contributed by atoms with Crippen molar-refractivity contribution >= 4 is 12.1 Å². The first-order valence-corrected chi connectivity index (χ1v) is 10.6. The topological polar surface area (TPSA) is 82.1 Å². The molecule has 0 aromatic heterocycles. The second-order valence-corrected chi connectivity index (χ2v) is 8.54. The van der Waals surface area contributed by atoms with Gasteiger partial charge in [0.15, 0.2) is 0 Å². The first-order chi connectivity index (χ1) is 15.8. The Morgan fingerprint density at radius 1 is 1.12 bits per heavy atom. The van der Waals surface area contributed by atoms with Crippen LogP contribution in [0.2, 0.25) is 0 Å². The van der Waals surface area contributed by atoms with Gasteiger partial charge < -0.3 is 20.1 Å². The third-order valence-corrected chi connectivity index (χ3v) is 6.01. The summed E-state index contributed by atoms with van der Waals surface area (Å²) in [6, 6.07) is 5.20. The van der Waals surface area contributed by atoms with Crippen LogP contribution in [0.25, 0.3) is 0 Å². The molecule has 7 nitrogen and oxygen atoms in total. The van der Waals surface area contributed by atoms with E-state index in [2.05, 4.69) is 10.1 Å². The summed E-state index contributed by atoms with van der Waals surface area (Å²) in [5.41, 5.74) is 2.96. The lowest BCUT2D eigenvalue weighted by molar-refractivity contribution is -0.308. The van der Waals surface area contributed by atoms with E-state index in [1.807, 2.05) is 30.0 Å². The molecule has 2 fully saturated rings. The Bertz CT molecular complexity index is 885. The molecule has 2 aliphatic heterocycles. The van der Waals surface area contributed by atoms with Gasteiger partial charge in [0.2, 0.25) is 0 Å². The number of aliphatic carboxylic acids is 1. The molecule has 0 aliphatic carbocycles. The molecule has 13 heteroatoms. The van der Waals surface area contributed by atoms with Gasteiger partial charge in [-0.2, -0.15) is 26.3 Å². The van der Waals surface area contributed by atoms with Crippen LogP contribution in [0.5, 0.6) is 0 Å². The summed E-state index contributed by atoms with van der Waals surface area (Å²) in [4.78, 5) is 26.0. The van der Waals surface area contributed by atoms with Crippen LogP contribution in [-0.2, 0) is 16.1 Å². The minimum absolute atomic E-state index is 0.00561. The number of carboxylic acids is 1. The van der Waals surface area contributed by atoms with E-state index in [1.54, 1.807) is 0 Å². The molecule has 1 unspecified atom stereocenters. The number of alkyl halides is 6. The van der Waals surface area contributed by atoms with Crippen LogP contribution in [0.4, 0.5) is 31.1 Å². The van der Waals surface area contributed by atoms with Gasteiger partial charge in [0.25, 0.3) is 6.10 Å². The molecule has 2 saturated heterocycles. The van der Waals surface area contributed by atoms with Crippen molar-refractivity contribution < 1.29 is 45.8 Å². The highest BCUT2D eigenvalue weighted by molar-refractivity contribution is 5.74. The summed E-state index contributed by atoms with van der Waals surface area (Å²) in [6.07, 6.45) is -16.9. The number of carboxylic acid groups (broad SMARTS) is 1. The number of nitrogens with one attached hydrogen (secondary N) is 1. The number of halogens is 6. The lowest BCUT2D eigenvalue weighted by atomic mass is 9.90. The normalized spacial score (nSPS) is 22.3. The Labute approximate surface area is 191 Å². The molecule has 0 bridgehead atoms. The van der Waals surface area contributed by atoms with E-state index in [0.29, 0.717) is 19.5 Å². The number of carbonyl (C=O) groups is 2. The number of amides is 1. The number of carbonyl (C=O) groups excluding carboxylic acids is 1. The third-order valence-electron chi connectivity index (χ3n) is 6.01. The van der Waals surface area contributed by atoms with Crippen LogP contribution in [-0.4, -0.2) is 84.2 Å². The second-order valence-electron chi connectivity index (χ2n) is 8.54. The van der Waals surface area contributed by atoms with E-state index in [1.165, 1.54) is 0 Å². The Balaban J connectivity index is 1.60. The van der Waals surface area contributed by atoms with Crippen molar-refractivity contribution in [3.05, 3.63) is 34.9 Å². The van der Waals surface area contributed by atoms with Gasteiger partial charge in [-0.3, -0.25) is 9.69 Å². The Kier molecular flexibility index (Phi) is 7.65. The number of nitrogens with zero attached hydrogens (tertiary/aromatic N) is 2. The average molecular weight is 497 g/mol. The smallest absolute Gasteiger partial charge is 0.434 e. The molecule has 0 saturated carbocycles. The summed E-state index contributed by atoms with van der Waals surface area (Å²) in [6.45, 7) is 3.15. The molecular formula is C21H25F6N3O4. The van der Waals surface area contributed by atoms with Crippen molar-refractivity contribution in [1.29, 1.82) is 0 Å². The minimum atomic E-state index is -5.76. The highest BCUT2D eigenvalue weighted by Crippen LogP contribution is 2.36. The molecule has 0 spiro atoms. The molecular weight excluding hydrogens is 472 g/mol. The lowest BCUT2D eigenvalue weighted by Gasteiger charge is -2.35. The highest BCUT2D eigenvalue weighted by atomic mass is 19.4. The van der Waals surface area contributed by atoms with Crippen LogP contribution in [0.1, 0.15) is 29.0 Å². The number of rotatable bonds is 5. The molecule has 2 aliphatic rings. The predicted molar refractivity (Wildman–Crippen MR) is 107 cm³/mol. The maximum Gasteiger partial charge on any atom is 0.434 e. The Morgan fingerprint density at radius 3 is 2.26 bits per heavy atom. The lowest BCUT2D eigenvalue weighted by Crippen LogP contribution is -2.52. The van der Waals surface area contributed by atoms with Gasteiger partial charge in [-0.05, 0) is 30.4 Å². The number of benzene rings is 1. The number of ether oxygens (including phenoxy) is 1. The van der Waals surface area contributed by atoms with Crippen LogP contribution >= 0.6 is 0 Å². The highest BCUT2D eigenvalue weighted by Gasteiger charge is 2.60. The zero-order chi connectivity index (χ0) is 25.3. The van der Waals surface area contributed by atoms with Crippen molar-refractivity contribution in [2.45, 2.75) is 50.3 Å². The van der Waals surface area contributed by atoms with Gasteiger partial charge in [-0.15, -0.1) is 0 Å². The maximum absolute atomic E-state index is 12.6. The predicted octanol–water partition coefficient (Wildman–Crippen LogP) is 3.27. The van der Waals surface area contributed by atoms with Gasteiger partial charge >= 0.3 is 24.4 Å². The molecule has 1 aromatic carbocycles. The van der Waals surface area contributed by atoms with Gasteiger partial charge in [-0.25, -0.2) is 4.79 Å². The SMILES string of the molecule is Cc1ccc(CN2CCN(C(=O)OC(C(F)(F)F)C(F)(F)F)CC2)c(C2CN[C@H](C(=O)O)C2)c1. The van der Waals surface area contributed by atoms with Gasteiger partial charge in [0.05, 0.1) is 0 Å².